The van der Waals surface area contributed by atoms with Crippen molar-refractivity contribution in [1.82, 2.24) is 4.90 Å². The zero-order chi connectivity index (χ0) is 14.5. The van der Waals surface area contributed by atoms with Crippen LogP contribution in [-0.4, -0.2) is 43.4 Å². The van der Waals surface area contributed by atoms with E-state index in [4.69, 9.17) is 0 Å². The van der Waals surface area contributed by atoms with E-state index >= 15 is 0 Å². The summed E-state index contributed by atoms with van der Waals surface area (Å²) in [5.74, 6) is -1.35. The van der Waals surface area contributed by atoms with Gasteiger partial charge in [0.2, 0.25) is 0 Å². The first-order valence-electron chi connectivity index (χ1n) is 5.73. The number of rotatable bonds is 1. The Morgan fingerprint density at radius 3 is 2.42 bits per heavy atom. The number of carbonyl (C=O) groups excluding carboxylic acids is 2. The fourth-order valence-electron chi connectivity index (χ4n) is 2.45. The van der Waals surface area contributed by atoms with Crippen molar-refractivity contribution in [3.63, 3.8) is 0 Å². The summed E-state index contributed by atoms with van der Waals surface area (Å²) in [6.45, 7) is 4.89. The minimum absolute atomic E-state index is 0.0531. The number of carbonyl (C=O) groups is 2. The molecule has 2 heterocycles. The lowest BCUT2D eigenvalue weighted by molar-refractivity contribution is -0.144. The molecule has 0 N–H and O–H groups in total. The first-order valence-corrected chi connectivity index (χ1v) is 7.44. The number of allylic oxidation sites excluding steroid dienone is 1. The van der Waals surface area contributed by atoms with Crippen molar-refractivity contribution in [2.45, 2.75) is 26.1 Å². The van der Waals surface area contributed by atoms with Crippen LogP contribution in [0, 0.1) is 0 Å². The SMILES string of the molecule is COC(=O)C1=C(C)CS(=O)(=O)C2C(=C(C)C)C(=O)N12. The molecule has 0 aromatic heterocycles. The number of hydrogen-bond donors (Lipinski definition) is 0. The summed E-state index contributed by atoms with van der Waals surface area (Å²) in [4.78, 5) is 24.8. The normalized spacial score (nSPS) is 24.8. The molecule has 2 aliphatic rings. The second kappa shape index (κ2) is 4.19. The van der Waals surface area contributed by atoms with Crippen LogP contribution in [0.4, 0.5) is 0 Å². The van der Waals surface area contributed by atoms with E-state index < -0.39 is 27.1 Å². The molecule has 2 aliphatic heterocycles. The number of ether oxygens (including phenoxy) is 1. The van der Waals surface area contributed by atoms with E-state index in [-0.39, 0.29) is 17.0 Å². The average Bonchev–Trinajstić information content (AvgIpc) is 2.28. The molecule has 0 radical (unpaired) electrons. The lowest BCUT2D eigenvalue weighted by atomic mass is 9.98. The van der Waals surface area contributed by atoms with E-state index in [1.54, 1.807) is 13.8 Å². The molecule has 2 rings (SSSR count). The van der Waals surface area contributed by atoms with Gasteiger partial charge in [-0.05, 0) is 26.3 Å². The summed E-state index contributed by atoms with van der Waals surface area (Å²) >= 11 is 0. The predicted octanol–water partition coefficient (Wildman–Crippen LogP) is 0.367. The molecule has 7 heteroatoms. The number of hydrogen-bond acceptors (Lipinski definition) is 5. The topological polar surface area (TPSA) is 80.8 Å². The van der Waals surface area contributed by atoms with Gasteiger partial charge in [0.15, 0.2) is 15.2 Å². The Hall–Kier alpha value is -1.63. The van der Waals surface area contributed by atoms with E-state index in [0.29, 0.717) is 11.1 Å². The highest BCUT2D eigenvalue weighted by Crippen LogP contribution is 2.41. The zero-order valence-corrected chi connectivity index (χ0v) is 12.0. The van der Waals surface area contributed by atoms with Crippen molar-refractivity contribution >= 4 is 21.7 Å². The van der Waals surface area contributed by atoms with Crippen LogP contribution in [0.3, 0.4) is 0 Å². The monoisotopic (exact) mass is 285 g/mol. The van der Waals surface area contributed by atoms with Crippen molar-refractivity contribution in [1.29, 1.82) is 0 Å². The van der Waals surface area contributed by atoms with Gasteiger partial charge in [-0.1, -0.05) is 5.57 Å². The molecule has 0 aromatic carbocycles. The maximum absolute atomic E-state index is 12.2. The van der Waals surface area contributed by atoms with Crippen molar-refractivity contribution in [3.05, 3.63) is 22.4 Å². The van der Waals surface area contributed by atoms with Gasteiger partial charge in [0.05, 0.1) is 18.4 Å². The average molecular weight is 285 g/mol. The van der Waals surface area contributed by atoms with Gasteiger partial charge in [-0.25, -0.2) is 13.2 Å². The van der Waals surface area contributed by atoms with Crippen molar-refractivity contribution < 1.29 is 22.7 Å². The number of fused-ring (bicyclic) bond motifs is 1. The van der Waals surface area contributed by atoms with E-state index in [1.165, 1.54) is 14.0 Å². The number of β-lactam (4-membered cyclic amide) rings is 1. The molecule has 0 aliphatic carbocycles. The minimum atomic E-state index is -3.49. The van der Waals surface area contributed by atoms with Gasteiger partial charge in [0.25, 0.3) is 5.91 Å². The quantitative estimate of drug-likeness (QED) is 0.395. The van der Waals surface area contributed by atoms with Crippen LogP contribution >= 0.6 is 0 Å². The zero-order valence-electron chi connectivity index (χ0n) is 11.2. The molecule has 1 amide bonds. The number of amides is 1. The first-order chi connectivity index (χ1) is 8.72. The summed E-state index contributed by atoms with van der Waals surface area (Å²) in [6.07, 6.45) is 0. The van der Waals surface area contributed by atoms with E-state index in [9.17, 15) is 18.0 Å². The van der Waals surface area contributed by atoms with Gasteiger partial charge in [-0.2, -0.15) is 0 Å². The van der Waals surface area contributed by atoms with Gasteiger partial charge in [-0.3, -0.25) is 9.69 Å². The second-order valence-electron chi connectivity index (χ2n) is 4.87. The Labute approximate surface area is 111 Å². The van der Waals surface area contributed by atoms with Gasteiger partial charge in [0.1, 0.15) is 5.70 Å². The predicted molar refractivity (Wildman–Crippen MR) is 67.5 cm³/mol. The number of sulfone groups is 1. The van der Waals surface area contributed by atoms with Gasteiger partial charge >= 0.3 is 5.97 Å². The minimum Gasteiger partial charge on any atom is -0.464 e. The van der Waals surface area contributed by atoms with Gasteiger partial charge < -0.3 is 4.74 Å². The highest BCUT2D eigenvalue weighted by molar-refractivity contribution is 7.92. The molecule has 1 saturated heterocycles. The molecule has 0 saturated carbocycles. The molecule has 6 nitrogen and oxygen atoms in total. The van der Waals surface area contributed by atoms with E-state index in [2.05, 4.69) is 4.74 Å². The van der Waals surface area contributed by atoms with Crippen molar-refractivity contribution in [3.8, 4) is 0 Å². The molecule has 0 bridgehead atoms. The Balaban J connectivity index is 2.62. The number of methoxy groups -OCH3 is 1. The largest absolute Gasteiger partial charge is 0.464 e. The molecule has 104 valence electrons. The second-order valence-corrected chi connectivity index (χ2v) is 6.93. The van der Waals surface area contributed by atoms with E-state index in [0.717, 1.165) is 4.90 Å². The summed E-state index contributed by atoms with van der Waals surface area (Å²) in [5.41, 5.74) is 1.30. The third-order valence-electron chi connectivity index (χ3n) is 3.25. The van der Waals surface area contributed by atoms with Crippen molar-refractivity contribution in [2.75, 3.05) is 12.9 Å². The summed E-state index contributed by atoms with van der Waals surface area (Å²) < 4.78 is 28.9. The lowest BCUT2D eigenvalue weighted by Crippen LogP contribution is -2.62. The van der Waals surface area contributed by atoms with Gasteiger partial charge in [-0.15, -0.1) is 0 Å². The third kappa shape index (κ3) is 1.80. The van der Waals surface area contributed by atoms with Crippen LogP contribution in [0.1, 0.15) is 20.8 Å². The maximum Gasteiger partial charge on any atom is 0.354 e. The lowest BCUT2D eigenvalue weighted by Gasteiger charge is -2.46. The van der Waals surface area contributed by atoms with E-state index in [1.807, 2.05) is 0 Å². The molecular formula is C12H15NO5S. The van der Waals surface area contributed by atoms with Crippen molar-refractivity contribution in [2.24, 2.45) is 0 Å². The molecule has 19 heavy (non-hydrogen) atoms. The molecule has 1 atom stereocenters. The highest BCUT2D eigenvalue weighted by atomic mass is 32.2. The molecule has 1 unspecified atom stereocenters. The van der Waals surface area contributed by atoms with Crippen LogP contribution in [-0.2, 0) is 24.2 Å². The fourth-order valence-corrected chi connectivity index (χ4v) is 4.56. The highest BCUT2D eigenvalue weighted by Gasteiger charge is 2.56. The fraction of sp³-hybridized carbons (Fsp3) is 0.500. The molecule has 0 spiro atoms. The number of nitrogens with zero attached hydrogens (tertiary/aromatic N) is 1. The van der Waals surface area contributed by atoms with Crippen LogP contribution in [0.25, 0.3) is 0 Å². The van der Waals surface area contributed by atoms with Crippen LogP contribution in [0.5, 0.6) is 0 Å². The Morgan fingerprint density at radius 2 is 1.95 bits per heavy atom. The maximum atomic E-state index is 12.2. The summed E-state index contributed by atoms with van der Waals surface area (Å²) in [6, 6.07) is 0. The molecular weight excluding hydrogens is 270 g/mol. The summed E-state index contributed by atoms with van der Waals surface area (Å²) in [5, 5.41) is -1.04. The number of esters is 1. The van der Waals surface area contributed by atoms with Crippen LogP contribution in [0.15, 0.2) is 22.4 Å². The smallest absolute Gasteiger partial charge is 0.354 e. The third-order valence-corrected chi connectivity index (χ3v) is 5.21. The Kier molecular flexibility index (Phi) is 3.04. The Bertz CT molecular complexity index is 637. The Morgan fingerprint density at radius 1 is 1.37 bits per heavy atom. The first kappa shape index (κ1) is 13.8. The summed E-state index contributed by atoms with van der Waals surface area (Å²) in [7, 11) is -2.29. The van der Waals surface area contributed by atoms with Crippen LogP contribution in [0.2, 0.25) is 0 Å². The standard InChI is InChI=1S/C12H15NO5S/c1-6(2)8-10(14)13-9(12(15)18-4)7(3)5-19(16,17)11(8)13/h11H,5H2,1-4H3. The van der Waals surface area contributed by atoms with Gasteiger partial charge in [0, 0.05) is 0 Å². The van der Waals surface area contributed by atoms with Crippen LogP contribution < -0.4 is 0 Å². The molecule has 1 fully saturated rings. The molecule has 0 aromatic rings.